The van der Waals surface area contributed by atoms with Crippen LogP contribution >= 0.6 is 7.82 Å². The fourth-order valence-electron chi connectivity index (χ4n) is 7.14. The van der Waals surface area contributed by atoms with Crippen molar-refractivity contribution in [3.8, 4) is 0 Å². The zero-order valence-corrected chi connectivity index (χ0v) is 45.1. The molecule has 0 amide bonds. The second-order valence-corrected chi connectivity index (χ2v) is 19.5. The molecule has 11 nitrogen and oxygen atoms in total. The van der Waals surface area contributed by atoms with E-state index in [1.54, 1.807) is 0 Å². The number of allylic oxidation sites excluding steroid dienone is 14. The topological polar surface area (TPSA) is 155 Å². The molecule has 0 aromatic carbocycles. The molecular weight excluding hydrogens is 904 g/mol. The van der Waals surface area contributed by atoms with E-state index in [1.807, 2.05) is 12.2 Å². The first-order valence-corrected chi connectivity index (χ1v) is 29.0. The van der Waals surface area contributed by atoms with Gasteiger partial charge in [-0.1, -0.05) is 209 Å². The van der Waals surface area contributed by atoms with E-state index in [2.05, 4.69) is 93.7 Å². The Morgan fingerprint density at radius 2 is 0.771 bits per heavy atom. The number of esters is 3. The highest BCUT2D eigenvalue weighted by atomic mass is 31.2. The molecule has 12 heteroatoms. The van der Waals surface area contributed by atoms with E-state index in [0.29, 0.717) is 25.7 Å². The fraction of sp³-hybridized carbons (Fsp3) is 0.707. The Labute approximate surface area is 426 Å². The number of hydrogen-bond acceptors (Lipinski definition) is 10. The van der Waals surface area contributed by atoms with Crippen LogP contribution in [-0.2, 0) is 42.2 Å². The molecule has 2 N–H and O–H groups in total. The summed E-state index contributed by atoms with van der Waals surface area (Å²) in [6, 6.07) is 0. The van der Waals surface area contributed by atoms with Crippen molar-refractivity contribution in [2.45, 2.75) is 238 Å². The normalized spacial score (nSPS) is 14.1. The summed E-state index contributed by atoms with van der Waals surface area (Å²) in [6.07, 6.45) is 58.5. The molecule has 0 aliphatic rings. The number of phosphoric acid groups is 1. The molecule has 0 saturated carbocycles. The van der Waals surface area contributed by atoms with Crippen LogP contribution in [0.2, 0.25) is 0 Å². The number of ether oxygens (including phenoxy) is 3. The fourth-order valence-corrected chi connectivity index (χ4v) is 7.92. The number of carbonyl (C=O) groups is 3. The molecule has 3 atom stereocenters. The molecule has 0 rings (SSSR count). The van der Waals surface area contributed by atoms with Gasteiger partial charge in [0.25, 0.3) is 0 Å². The Morgan fingerprint density at radius 3 is 1.24 bits per heavy atom. The van der Waals surface area contributed by atoms with Gasteiger partial charge in [0.1, 0.15) is 12.7 Å². The highest BCUT2D eigenvalue weighted by Gasteiger charge is 2.28. The number of hydrogen-bond donors (Lipinski definition) is 2. The number of carbonyl (C=O) groups excluding carboxylic acids is 3. The van der Waals surface area contributed by atoms with Crippen LogP contribution in [0.15, 0.2) is 85.1 Å². The van der Waals surface area contributed by atoms with Crippen molar-refractivity contribution in [1.82, 2.24) is 0 Å². The third-order valence-electron chi connectivity index (χ3n) is 11.3. The summed E-state index contributed by atoms with van der Waals surface area (Å²) in [5.41, 5.74) is 0. The lowest BCUT2D eigenvalue weighted by molar-refractivity contribution is -0.161. The zero-order valence-electron chi connectivity index (χ0n) is 44.2. The molecule has 0 radical (unpaired) electrons. The van der Waals surface area contributed by atoms with Crippen molar-refractivity contribution < 1.29 is 52.2 Å². The summed E-state index contributed by atoms with van der Waals surface area (Å²) in [4.78, 5) is 48.3. The van der Waals surface area contributed by atoms with E-state index in [4.69, 9.17) is 23.3 Å². The third kappa shape index (κ3) is 49.6. The predicted octanol–water partition coefficient (Wildman–Crippen LogP) is 15.9. The van der Waals surface area contributed by atoms with E-state index >= 15 is 0 Å². The van der Waals surface area contributed by atoms with Crippen LogP contribution < -0.4 is 0 Å². The van der Waals surface area contributed by atoms with Crippen molar-refractivity contribution in [1.29, 1.82) is 0 Å². The second kappa shape index (κ2) is 52.0. The lowest BCUT2D eigenvalue weighted by Gasteiger charge is -2.21. The molecule has 70 heavy (non-hydrogen) atoms. The highest BCUT2D eigenvalue weighted by molar-refractivity contribution is 7.47. The van der Waals surface area contributed by atoms with Crippen molar-refractivity contribution >= 4 is 25.7 Å². The average molecular weight is 1000 g/mol. The van der Waals surface area contributed by atoms with Crippen LogP contribution in [-0.4, -0.2) is 66.5 Å². The Hall–Kier alpha value is -3.34. The molecule has 402 valence electrons. The molecule has 0 saturated heterocycles. The molecule has 3 unspecified atom stereocenters. The van der Waals surface area contributed by atoms with Gasteiger partial charge >= 0.3 is 25.7 Å². The van der Waals surface area contributed by atoms with E-state index in [-0.39, 0.29) is 25.9 Å². The molecule has 0 aromatic rings. The molecule has 0 fully saturated rings. The average Bonchev–Trinajstić information content (AvgIpc) is 3.35. The zero-order chi connectivity index (χ0) is 51.3. The van der Waals surface area contributed by atoms with Gasteiger partial charge in [-0.05, 0) is 83.5 Å². The van der Waals surface area contributed by atoms with Gasteiger partial charge in [-0.25, -0.2) is 4.57 Å². The number of aliphatic hydroxyl groups is 1. The van der Waals surface area contributed by atoms with Gasteiger partial charge in [0.2, 0.25) is 0 Å². The molecule has 0 bridgehead atoms. The molecule has 0 aliphatic heterocycles. The summed E-state index contributed by atoms with van der Waals surface area (Å²) < 4.78 is 39.3. The maximum atomic E-state index is 12.9. The summed E-state index contributed by atoms with van der Waals surface area (Å²) in [5.74, 6) is -1.58. The largest absolute Gasteiger partial charge is 0.472 e. The lowest BCUT2D eigenvalue weighted by atomic mass is 10.1. The Morgan fingerprint density at radius 1 is 0.414 bits per heavy atom. The number of rotatable bonds is 50. The van der Waals surface area contributed by atoms with Gasteiger partial charge in [-0.3, -0.25) is 23.4 Å². The molecular formula is C58H99O11P. The first-order valence-electron chi connectivity index (χ1n) is 27.5. The predicted molar refractivity (Wildman–Crippen MR) is 288 cm³/mol. The standard InChI is InChI=1S/C58H99O11P/c1-4-7-10-13-16-19-22-24-25-26-27-28-29-31-34-37-40-43-46-49-58(62)69-55(51-65-56(60)47-44-41-38-35-33-30-23-20-17-14-11-8-5-2)53-67-70(63,64)66-52-54(50-59)68-57(61)48-45-42-39-36-32-21-18-15-12-9-6-3/h7,10,16,19-20,23-25,27-28,31,34,40,43,54-55,59H,4-6,8-9,11-15,17-18,21-22,26,29-30,32-33,35-39,41-42,44-53H2,1-3H3,(H,63,64)/b10-7-,19-16-,23-20-,25-24-,28-27-,34-31-,43-40-. The van der Waals surface area contributed by atoms with E-state index < -0.39 is 57.8 Å². The first kappa shape index (κ1) is 66.7. The smallest absolute Gasteiger partial charge is 0.462 e. The third-order valence-corrected chi connectivity index (χ3v) is 12.3. The van der Waals surface area contributed by atoms with Crippen LogP contribution in [0.25, 0.3) is 0 Å². The van der Waals surface area contributed by atoms with Crippen molar-refractivity contribution in [3.63, 3.8) is 0 Å². The minimum absolute atomic E-state index is 0.0391. The van der Waals surface area contributed by atoms with Gasteiger partial charge in [-0.15, -0.1) is 0 Å². The van der Waals surface area contributed by atoms with Gasteiger partial charge in [0.15, 0.2) is 6.10 Å². The Kier molecular flexibility index (Phi) is 49.5. The maximum Gasteiger partial charge on any atom is 0.472 e. The summed E-state index contributed by atoms with van der Waals surface area (Å²) in [5, 5.41) is 9.77. The highest BCUT2D eigenvalue weighted by Crippen LogP contribution is 2.43. The lowest BCUT2D eigenvalue weighted by Crippen LogP contribution is -2.30. The summed E-state index contributed by atoms with van der Waals surface area (Å²) in [7, 11) is -4.76. The number of aliphatic hydroxyl groups excluding tert-OH is 1. The van der Waals surface area contributed by atoms with Gasteiger partial charge in [0.05, 0.1) is 19.8 Å². The van der Waals surface area contributed by atoms with Crippen molar-refractivity contribution in [2.75, 3.05) is 26.4 Å². The maximum absolute atomic E-state index is 12.9. The van der Waals surface area contributed by atoms with Crippen LogP contribution in [0.1, 0.15) is 226 Å². The first-order chi connectivity index (χ1) is 34.2. The SMILES string of the molecule is CC/C=C\C/C=C\C/C=C\C/C=C\C/C=C\C/C=C\CCC(=O)OC(COC(=O)CCCCCCC/C=C\CCCCCC)COP(=O)(O)OCC(CO)OC(=O)CCCCCCCCCCCCC. The van der Waals surface area contributed by atoms with E-state index in [1.165, 1.54) is 70.6 Å². The quantitative estimate of drug-likeness (QED) is 0.0197. The Bertz CT molecular complexity index is 1500. The number of unbranched alkanes of at least 4 members (excludes halogenated alkanes) is 19. The van der Waals surface area contributed by atoms with Crippen LogP contribution in [0, 0.1) is 0 Å². The van der Waals surface area contributed by atoms with Crippen LogP contribution in [0.5, 0.6) is 0 Å². The van der Waals surface area contributed by atoms with Gasteiger partial charge in [-0.2, -0.15) is 0 Å². The van der Waals surface area contributed by atoms with Crippen LogP contribution in [0.3, 0.4) is 0 Å². The monoisotopic (exact) mass is 1000 g/mol. The number of phosphoric ester groups is 1. The molecule has 0 heterocycles. The minimum Gasteiger partial charge on any atom is -0.462 e. The summed E-state index contributed by atoms with van der Waals surface area (Å²) >= 11 is 0. The van der Waals surface area contributed by atoms with Crippen molar-refractivity contribution in [3.05, 3.63) is 85.1 Å². The van der Waals surface area contributed by atoms with Crippen molar-refractivity contribution in [2.24, 2.45) is 0 Å². The summed E-state index contributed by atoms with van der Waals surface area (Å²) in [6.45, 7) is 4.40. The van der Waals surface area contributed by atoms with Crippen LogP contribution in [0.4, 0.5) is 0 Å². The van der Waals surface area contributed by atoms with E-state index in [9.17, 15) is 28.9 Å². The minimum atomic E-state index is -4.76. The molecule has 0 aliphatic carbocycles. The van der Waals surface area contributed by atoms with Gasteiger partial charge < -0.3 is 24.2 Å². The molecule has 0 spiro atoms. The van der Waals surface area contributed by atoms with Gasteiger partial charge in [0, 0.05) is 19.3 Å². The van der Waals surface area contributed by atoms with E-state index in [0.717, 1.165) is 89.9 Å². The molecule has 0 aromatic heterocycles. The Balaban J connectivity index is 4.87. The second-order valence-electron chi connectivity index (χ2n) is 18.0.